The van der Waals surface area contributed by atoms with Gasteiger partial charge in [0, 0.05) is 29.2 Å². The zero-order chi connectivity index (χ0) is 24.2. The van der Waals surface area contributed by atoms with Crippen LogP contribution in [0, 0.1) is 0 Å². The second-order valence-corrected chi connectivity index (χ2v) is 7.55. The Balaban J connectivity index is 1.63. The Hall–Kier alpha value is -4.79. The van der Waals surface area contributed by atoms with Crippen LogP contribution < -0.4 is 24.8 Å². The molecule has 0 amide bonds. The van der Waals surface area contributed by atoms with Crippen molar-refractivity contribution in [3.63, 3.8) is 0 Å². The van der Waals surface area contributed by atoms with Gasteiger partial charge < -0.3 is 24.8 Å². The van der Waals surface area contributed by atoms with E-state index < -0.39 is 0 Å². The lowest BCUT2D eigenvalue weighted by molar-refractivity contribution is 0.324. The molecule has 5 rings (SSSR count). The quantitative estimate of drug-likeness (QED) is 0.316. The average molecular weight is 469 g/mol. The number of aromatic nitrogens is 4. The Labute approximate surface area is 202 Å². The van der Waals surface area contributed by atoms with Gasteiger partial charge in [0.25, 0.3) is 0 Å². The van der Waals surface area contributed by atoms with E-state index in [1.54, 1.807) is 27.7 Å². The summed E-state index contributed by atoms with van der Waals surface area (Å²) in [6.07, 6.45) is 1.74. The van der Waals surface area contributed by atoms with Crippen LogP contribution in [0.1, 0.15) is 0 Å². The third-order valence-electron chi connectivity index (χ3n) is 5.39. The van der Waals surface area contributed by atoms with Crippen molar-refractivity contribution in [2.24, 2.45) is 0 Å². The molecule has 176 valence electrons. The Morgan fingerprint density at radius 1 is 0.714 bits per heavy atom. The van der Waals surface area contributed by atoms with Crippen molar-refractivity contribution in [2.75, 3.05) is 32.0 Å². The molecule has 9 heteroatoms. The van der Waals surface area contributed by atoms with Crippen LogP contribution in [0.3, 0.4) is 0 Å². The molecule has 0 saturated heterocycles. The summed E-state index contributed by atoms with van der Waals surface area (Å²) in [6.45, 7) is 0. The minimum absolute atomic E-state index is 0.427. The van der Waals surface area contributed by atoms with Crippen molar-refractivity contribution in [1.82, 2.24) is 19.5 Å². The first-order valence-corrected chi connectivity index (χ1v) is 10.9. The predicted molar refractivity (Wildman–Crippen MR) is 136 cm³/mol. The molecule has 0 radical (unpaired) electrons. The first-order valence-electron chi connectivity index (χ1n) is 10.9. The number of benzene rings is 3. The summed E-state index contributed by atoms with van der Waals surface area (Å²) in [7, 11) is 4.72. The first-order chi connectivity index (χ1) is 17.2. The lowest BCUT2D eigenvalue weighted by atomic mass is 10.2. The fourth-order valence-corrected chi connectivity index (χ4v) is 3.76. The van der Waals surface area contributed by atoms with Crippen LogP contribution in [0.5, 0.6) is 17.2 Å². The largest absolute Gasteiger partial charge is 0.493 e. The second-order valence-electron chi connectivity index (χ2n) is 7.55. The molecule has 2 heterocycles. The van der Waals surface area contributed by atoms with Crippen molar-refractivity contribution in [3.8, 4) is 22.9 Å². The van der Waals surface area contributed by atoms with E-state index in [2.05, 4.69) is 15.6 Å². The molecule has 0 aliphatic carbocycles. The Morgan fingerprint density at radius 3 is 2.00 bits per heavy atom. The van der Waals surface area contributed by atoms with Gasteiger partial charge >= 0.3 is 0 Å². The van der Waals surface area contributed by atoms with Crippen LogP contribution in [0.25, 0.3) is 16.9 Å². The van der Waals surface area contributed by atoms with Gasteiger partial charge in [0.05, 0.1) is 21.3 Å². The number of nitrogens with zero attached hydrogens (tertiary/aromatic N) is 4. The van der Waals surface area contributed by atoms with Crippen molar-refractivity contribution in [1.29, 1.82) is 0 Å². The monoisotopic (exact) mass is 468 g/mol. The van der Waals surface area contributed by atoms with E-state index in [-0.39, 0.29) is 0 Å². The zero-order valence-corrected chi connectivity index (χ0v) is 19.5. The molecule has 5 aromatic rings. The standard InChI is InChI=1S/C26H24N6O3/c1-33-20-14-18(15-21(34-2)23(20)35-3)28-24-22-25(32(16-27-22)19-12-8-5-9-13-19)31-26(30-24)29-17-10-6-4-7-11-17/h4-16H,1-3H3,(H2,28,29,30,31). The molecule has 0 bridgehead atoms. The second kappa shape index (κ2) is 9.60. The average Bonchev–Trinajstić information content (AvgIpc) is 3.33. The highest BCUT2D eigenvalue weighted by Crippen LogP contribution is 2.41. The normalized spacial score (nSPS) is 10.7. The van der Waals surface area contributed by atoms with Gasteiger partial charge in [0.1, 0.15) is 6.33 Å². The molecule has 0 fully saturated rings. The van der Waals surface area contributed by atoms with Crippen molar-refractivity contribution in [3.05, 3.63) is 79.1 Å². The number of rotatable bonds is 8. The van der Waals surface area contributed by atoms with Crippen LogP contribution in [0.4, 0.5) is 23.1 Å². The summed E-state index contributed by atoms with van der Waals surface area (Å²) < 4.78 is 18.4. The molecule has 0 aliphatic heterocycles. The Morgan fingerprint density at radius 2 is 1.37 bits per heavy atom. The summed E-state index contributed by atoms with van der Waals surface area (Å²) in [6, 6.07) is 23.3. The van der Waals surface area contributed by atoms with Crippen LogP contribution in [-0.4, -0.2) is 40.8 Å². The molecular weight excluding hydrogens is 444 g/mol. The van der Waals surface area contributed by atoms with Crippen LogP contribution in [0.2, 0.25) is 0 Å². The first kappa shape index (κ1) is 22.0. The van der Waals surface area contributed by atoms with Crippen molar-refractivity contribution < 1.29 is 14.2 Å². The van der Waals surface area contributed by atoms with E-state index in [0.29, 0.717) is 45.9 Å². The molecule has 2 N–H and O–H groups in total. The van der Waals surface area contributed by atoms with Gasteiger partial charge in [0.2, 0.25) is 11.7 Å². The van der Waals surface area contributed by atoms with E-state index in [4.69, 9.17) is 24.2 Å². The summed E-state index contributed by atoms with van der Waals surface area (Å²) in [5, 5.41) is 6.64. The molecule has 0 spiro atoms. The molecule has 9 nitrogen and oxygen atoms in total. The summed E-state index contributed by atoms with van der Waals surface area (Å²) in [5.41, 5.74) is 3.77. The summed E-state index contributed by atoms with van der Waals surface area (Å²) >= 11 is 0. The van der Waals surface area contributed by atoms with Crippen LogP contribution in [-0.2, 0) is 0 Å². The fourth-order valence-electron chi connectivity index (χ4n) is 3.76. The third-order valence-corrected chi connectivity index (χ3v) is 5.39. The molecule has 0 saturated carbocycles. The van der Waals surface area contributed by atoms with Gasteiger partial charge in [-0.25, -0.2) is 4.98 Å². The summed E-state index contributed by atoms with van der Waals surface area (Å²) in [4.78, 5) is 14.1. The van der Waals surface area contributed by atoms with E-state index in [0.717, 1.165) is 11.4 Å². The summed E-state index contributed by atoms with van der Waals surface area (Å²) in [5.74, 6) is 2.51. The molecule has 35 heavy (non-hydrogen) atoms. The van der Waals surface area contributed by atoms with E-state index in [1.807, 2.05) is 77.4 Å². The minimum atomic E-state index is 0.427. The van der Waals surface area contributed by atoms with Gasteiger partial charge in [0.15, 0.2) is 28.5 Å². The number of hydrogen-bond donors (Lipinski definition) is 2. The highest BCUT2D eigenvalue weighted by atomic mass is 16.5. The molecule has 2 aromatic heterocycles. The third kappa shape index (κ3) is 4.39. The maximum Gasteiger partial charge on any atom is 0.231 e. The highest BCUT2D eigenvalue weighted by molar-refractivity contribution is 5.88. The molecule has 0 aliphatic rings. The zero-order valence-electron chi connectivity index (χ0n) is 19.5. The van der Waals surface area contributed by atoms with E-state index in [9.17, 15) is 0 Å². The molecule has 3 aromatic carbocycles. The SMILES string of the molecule is COc1cc(Nc2nc(Nc3ccccc3)nc3c2ncn3-c2ccccc2)cc(OC)c1OC. The van der Waals surface area contributed by atoms with Crippen LogP contribution in [0.15, 0.2) is 79.1 Å². The topological polar surface area (TPSA) is 95.4 Å². The Kier molecular flexibility index (Phi) is 6.04. The van der Waals surface area contributed by atoms with Gasteiger partial charge in [-0.3, -0.25) is 4.57 Å². The number of para-hydroxylation sites is 2. The number of nitrogens with one attached hydrogen (secondary N) is 2. The van der Waals surface area contributed by atoms with Crippen LogP contribution >= 0.6 is 0 Å². The number of anilines is 4. The van der Waals surface area contributed by atoms with E-state index >= 15 is 0 Å². The molecular formula is C26H24N6O3. The fraction of sp³-hybridized carbons (Fsp3) is 0.115. The number of methoxy groups -OCH3 is 3. The number of fused-ring (bicyclic) bond motifs is 1. The number of ether oxygens (including phenoxy) is 3. The van der Waals surface area contributed by atoms with Crippen molar-refractivity contribution >= 4 is 34.3 Å². The molecule has 0 atom stereocenters. The lowest BCUT2D eigenvalue weighted by Crippen LogP contribution is -2.04. The number of imidazole rings is 1. The van der Waals surface area contributed by atoms with E-state index in [1.165, 1.54) is 0 Å². The maximum atomic E-state index is 5.50. The van der Waals surface area contributed by atoms with Gasteiger partial charge in [-0.2, -0.15) is 9.97 Å². The van der Waals surface area contributed by atoms with Gasteiger partial charge in [-0.15, -0.1) is 0 Å². The molecule has 0 unspecified atom stereocenters. The van der Waals surface area contributed by atoms with Gasteiger partial charge in [-0.1, -0.05) is 36.4 Å². The minimum Gasteiger partial charge on any atom is -0.493 e. The highest BCUT2D eigenvalue weighted by Gasteiger charge is 2.18. The number of hydrogen-bond acceptors (Lipinski definition) is 8. The lowest BCUT2D eigenvalue weighted by Gasteiger charge is -2.15. The smallest absolute Gasteiger partial charge is 0.231 e. The maximum absolute atomic E-state index is 5.50. The Bertz CT molecular complexity index is 1430. The van der Waals surface area contributed by atoms with Crippen molar-refractivity contribution in [2.45, 2.75) is 0 Å². The van der Waals surface area contributed by atoms with Gasteiger partial charge in [-0.05, 0) is 24.3 Å². The predicted octanol–water partition coefficient (Wildman–Crippen LogP) is 5.33.